The molecule has 0 amide bonds. The van der Waals surface area contributed by atoms with Crippen molar-refractivity contribution in [1.82, 2.24) is 4.90 Å². The molecule has 1 aromatic rings. The lowest BCUT2D eigenvalue weighted by atomic mass is 10.00. The maximum atomic E-state index is 5.67. The summed E-state index contributed by atoms with van der Waals surface area (Å²) in [5.74, 6) is 0. The van der Waals surface area contributed by atoms with Crippen LogP contribution in [-0.2, 0) is 4.74 Å². The molecule has 1 aromatic carbocycles. The maximum absolute atomic E-state index is 5.67. The van der Waals surface area contributed by atoms with Gasteiger partial charge in [-0.05, 0) is 19.5 Å². The molecule has 1 heterocycles. The lowest BCUT2D eigenvalue weighted by molar-refractivity contribution is -0.0528. The monoisotopic (exact) mass is 191 g/mol. The molecule has 2 atom stereocenters. The zero-order valence-corrected chi connectivity index (χ0v) is 8.81. The fourth-order valence-electron chi connectivity index (χ4n) is 2.15. The minimum absolute atomic E-state index is 0.288. The normalized spacial score (nSPS) is 29.0. The largest absolute Gasteiger partial charge is 0.375 e. The van der Waals surface area contributed by atoms with Crippen LogP contribution in [0, 0.1) is 0 Å². The molecule has 0 aliphatic carbocycles. The summed E-state index contributed by atoms with van der Waals surface area (Å²) < 4.78 is 5.67. The van der Waals surface area contributed by atoms with Gasteiger partial charge in [-0.25, -0.2) is 0 Å². The van der Waals surface area contributed by atoms with Crippen molar-refractivity contribution in [1.29, 1.82) is 0 Å². The van der Waals surface area contributed by atoms with E-state index in [2.05, 4.69) is 49.2 Å². The Bertz CT molecular complexity index is 276. The van der Waals surface area contributed by atoms with Crippen LogP contribution in [0.25, 0.3) is 0 Å². The van der Waals surface area contributed by atoms with Crippen molar-refractivity contribution in [3.8, 4) is 0 Å². The van der Waals surface area contributed by atoms with E-state index in [0.29, 0.717) is 6.04 Å². The highest BCUT2D eigenvalue weighted by molar-refractivity contribution is 5.20. The van der Waals surface area contributed by atoms with E-state index >= 15 is 0 Å². The molecule has 1 unspecified atom stereocenters. The first-order valence-electron chi connectivity index (χ1n) is 5.16. The summed E-state index contributed by atoms with van der Waals surface area (Å²) in [6.45, 7) is 4.01. The van der Waals surface area contributed by atoms with Crippen LogP contribution < -0.4 is 0 Å². The lowest BCUT2D eigenvalue weighted by Gasteiger charge is -2.37. The van der Waals surface area contributed by atoms with Crippen molar-refractivity contribution in [3.05, 3.63) is 35.9 Å². The van der Waals surface area contributed by atoms with Gasteiger partial charge in [-0.3, -0.25) is 4.90 Å². The predicted octanol–water partition coefficient (Wildman–Crippen LogP) is 2.08. The molecule has 0 spiro atoms. The van der Waals surface area contributed by atoms with Crippen molar-refractivity contribution in [3.63, 3.8) is 0 Å². The first-order valence-corrected chi connectivity index (χ1v) is 5.16. The van der Waals surface area contributed by atoms with Gasteiger partial charge in [0.1, 0.15) is 0 Å². The van der Waals surface area contributed by atoms with Crippen LogP contribution in [0.3, 0.4) is 0 Å². The van der Waals surface area contributed by atoms with Crippen molar-refractivity contribution in [2.75, 3.05) is 20.2 Å². The second-order valence-corrected chi connectivity index (χ2v) is 3.91. The Morgan fingerprint density at radius 2 is 2.00 bits per heavy atom. The van der Waals surface area contributed by atoms with E-state index in [1.54, 1.807) is 0 Å². The molecular weight excluding hydrogens is 174 g/mol. The lowest BCUT2D eigenvalue weighted by Crippen LogP contribution is -2.41. The molecule has 0 radical (unpaired) electrons. The number of hydrogen-bond donors (Lipinski definition) is 0. The molecule has 2 nitrogen and oxygen atoms in total. The maximum Gasteiger partial charge on any atom is 0.0744 e. The third kappa shape index (κ3) is 1.81. The number of benzene rings is 1. The number of ether oxygens (including phenoxy) is 1. The van der Waals surface area contributed by atoms with Gasteiger partial charge in [0, 0.05) is 6.54 Å². The van der Waals surface area contributed by atoms with E-state index in [9.17, 15) is 0 Å². The molecule has 1 saturated heterocycles. The average Bonchev–Trinajstić information content (AvgIpc) is 2.19. The van der Waals surface area contributed by atoms with Crippen LogP contribution in [0.1, 0.15) is 18.5 Å². The summed E-state index contributed by atoms with van der Waals surface area (Å²) in [5, 5.41) is 0. The van der Waals surface area contributed by atoms with Crippen LogP contribution in [-0.4, -0.2) is 31.2 Å². The number of rotatable bonds is 1. The van der Waals surface area contributed by atoms with E-state index in [0.717, 1.165) is 13.2 Å². The van der Waals surface area contributed by atoms with Gasteiger partial charge in [-0.15, -0.1) is 0 Å². The zero-order chi connectivity index (χ0) is 9.97. The molecule has 0 bridgehead atoms. The van der Waals surface area contributed by atoms with Crippen LogP contribution in [0.15, 0.2) is 30.3 Å². The average molecular weight is 191 g/mol. The highest BCUT2D eigenvalue weighted by atomic mass is 16.5. The molecule has 2 heteroatoms. The first kappa shape index (κ1) is 9.69. The highest BCUT2D eigenvalue weighted by Gasteiger charge is 2.27. The Labute approximate surface area is 85.5 Å². The quantitative estimate of drug-likeness (QED) is 0.674. The third-order valence-electron chi connectivity index (χ3n) is 2.89. The summed E-state index contributed by atoms with van der Waals surface area (Å²) in [6.07, 6.45) is 0.288. The van der Waals surface area contributed by atoms with Crippen LogP contribution in [0.2, 0.25) is 0 Å². The fraction of sp³-hybridized carbons (Fsp3) is 0.500. The Balaban J connectivity index is 2.23. The summed E-state index contributed by atoms with van der Waals surface area (Å²) in [4.78, 5) is 2.36. The number of morpholine rings is 1. The molecular formula is C12H17NO. The molecule has 76 valence electrons. The molecule has 0 saturated carbocycles. The standard InChI is InChI=1S/C12H17NO/c1-10-12(13(2)8-9-14-10)11-6-4-3-5-7-11/h3-7,10,12H,8-9H2,1-2H3/t10?,12-/m1/s1. The minimum atomic E-state index is 0.288. The smallest absolute Gasteiger partial charge is 0.0744 e. The highest BCUT2D eigenvalue weighted by Crippen LogP contribution is 2.27. The summed E-state index contributed by atoms with van der Waals surface area (Å²) in [7, 11) is 2.16. The van der Waals surface area contributed by atoms with E-state index < -0.39 is 0 Å². The van der Waals surface area contributed by atoms with Crippen molar-refractivity contribution < 1.29 is 4.74 Å². The van der Waals surface area contributed by atoms with E-state index in [4.69, 9.17) is 4.74 Å². The Morgan fingerprint density at radius 3 is 2.64 bits per heavy atom. The Morgan fingerprint density at radius 1 is 1.29 bits per heavy atom. The number of hydrogen-bond acceptors (Lipinski definition) is 2. The third-order valence-corrected chi connectivity index (χ3v) is 2.89. The Kier molecular flexibility index (Phi) is 2.85. The molecule has 0 N–H and O–H groups in total. The van der Waals surface area contributed by atoms with Crippen molar-refractivity contribution in [2.24, 2.45) is 0 Å². The van der Waals surface area contributed by atoms with Crippen LogP contribution >= 0.6 is 0 Å². The molecule has 0 aromatic heterocycles. The summed E-state index contributed by atoms with van der Waals surface area (Å²) >= 11 is 0. The zero-order valence-electron chi connectivity index (χ0n) is 8.81. The second kappa shape index (κ2) is 4.11. The molecule has 1 aliphatic heterocycles. The molecule has 14 heavy (non-hydrogen) atoms. The van der Waals surface area contributed by atoms with E-state index in [-0.39, 0.29) is 6.10 Å². The molecule has 1 aliphatic rings. The number of nitrogens with zero attached hydrogens (tertiary/aromatic N) is 1. The van der Waals surface area contributed by atoms with Gasteiger partial charge >= 0.3 is 0 Å². The SMILES string of the molecule is CC1OCCN(C)[C@H]1c1ccccc1. The van der Waals surface area contributed by atoms with Gasteiger partial charge in [-0.2, -0.15) is 0 Å². The van der Waals surface area contributed by atoms with Gasteiger partial charge < -0.3 is 4.74 Å². The Hall–Kier alpha value is -0.860. The topological polar surface area (TPSA) is 12.5 Å². The van der Waals surface area contributed by atoms with Gasteiger partial charge in [0.25, 0.3) is 0 Å². The summed E-state index contributed by atoms with van der Waals surface area (Å²) in [6, 6.07) is 11.0. The van der Waals surface area contributed by atoms with E-state index in [1.165, 1.54) is 5.56 Å². The second-order valence-electron chi connectivity index (χ2n) is 3.91. The minimum Gasteiger partial charge on any atom is -0.375 e. The van der Waals surface area contributed by atoms with Gasteiger partial charge in [0.05, 0.1) is 18.8 Å². The van der Waals surface area contributed by atoms with Crippen molar-refractivity contribution in [2.45, 2.75) is 19.1 Å². The van der Waals surface area contributed by atoms with Gasteiger partial charge in [0.2, 0.25) is 0 Å². The molecule has 1 fully saturated rings. The predicted molar refractivity (Wildman–Crippen MR) is 57.2 cm³/mol. The summed E-state index contributed by atoms with van der Waals surface area (Å²) in [5.41, 5.74) is 1.35. The van der Waals surface area contributed by atoms with Crippen LogP contribution in [0.4, 0.5) is 0 Å². The molecule has 2 rings (SSSR count). The van der Waals surface area contributed by atoms with E-state index in [1.807, 2.05) is 0 Å². The number of likely N-dealkylation sites (N-methyl/N-ethyl adjacent to an activating group) is 1. The van der Waals surface area contributed by atoms with Crippen LogP contribution in [0.5, 0.6) is 0 Å². The van der Waals surface area contributed by atoms with Gasteiger partial charge in [-0.1, -0.05) is 30.3 Å². The fourth-order valence-corrected chi connectivity index (χ4v) is 2.15. The first-order chi connectivity index (χ1) is 6.79. The van der Waals surface area contributed by atoms with Gasteiger partial charge in [0.15, 0.2) is 0 Å². The van der Waals surface area contributed by atoms with Crippen molar-refractivity contribution >= 4 is 0 Å².